The van der Waals surface area contributed by atoms with Crippen LogP contribution in [-0.4, -0.2) is 21.2 Å². The van der Waals surface area contributed by atoms with Crippen LogP contribution in [0.15, 0.2) is 32.7 Å². The molecule has 0 amide bonds. The molecule has 2 N–H and O–H groups in total. The summed E-state index contributed by atoms with van der Waals surface area (Å²) in [7, 11) is 0. The zero-order valence-corrected chi connectivity index (χ0v) is 13.6. The van der Waals surface area contributed by atoms with Gasteiger partial charge in [0, 0.05) is 22.0 Å². The first kappa shape index (κ1) is 14.6. The summed E-state index contributed by atoms with van der Waals surface area (Å²) >= 11 is 5.17. The lowest BCUT2D eigenvalue weighted by Crippen LogP contribution is -2.21. The van der Waals surface area contributed by atoms with Crippen LogP contribution < -0.4 is 5.32 Å². The van der Waals surface area contributed by atoms with E-state index in [1.165, 1.54) is 5.56 Å². The van der Waals surface area contributed by atoms with E-state index in [1.807, 2.05) is 6.92 Å². The molecule has 0 saturated heterocycles. The Hall–Kier alpha value is -0.850. The summed E-state index contributed by atoms with van der Waals surface area (Å²) in [6, 6.07) is 6.81. The van der Waals surface area contributed by atoms with E-state index in [1.54, 1.807) is 11.8 Å². The van der Waals surface area contributed by atoms with Crippen molar-refractivity contribution < 1.29 is 0 Å². The SMILES string of the molecule is Cc1nc(Sc2ccc(CNC(C)C)c(Br)c2)n[nH]1. The number of aromatic nitrogens is 3. The van der Waals surface area contributed by atoms with Crippen LogP contribution in [0.3, 0.4) is 0 Å². The van der Waals surface area contributed by atoms with Crippen molar-refractivity contribution in [2.75, 3.05) is 0 Å². The zero-order chi connectivity index (χ0) is 13.8. The lowest BCUT2D eigenvalue weighted by Gasteiger charge is -2.10. The lowest BCUT2D eigenvalue weighted by molar-refractivity contribution is 0.587. The topological polar surface area (TPSA) is 53.6 Å². The number of H-pyrrole nitrogens is 1. The minimum Gasteiger partial charge on any atom is -0.310 e. The Bertz CT molecular complexity index is 553. The Morgan fingerprint density at radius 3 is 2.79 bits per heavy atom. The maximum atomic E-state index is 4.29. The van der Waals surface area contributed by atoms with Crippen LogP contribution in [0.1, 0.15) is 25.2 Å². The first-order chi connectivity index (χ1) is 9.04. The van der Waals surface area contributed by atoms with Gasteiger partial charge in [-0.25, -0.2) is 4.98 Å². The van der Waals surface area contributed by atoms with Gasteiger partial charge in [0.2, 0.25) is 5.16 Å². The first-order valence-electron chi connectivity index (χ1n) is 6.13. The van der Waals surface area contributed by atoms with Crippen LogP contribution in [0.25, 0.3) is 0 Å². The molecule has 1 aromatic carbocycles. The molecule has 19 heavy (non-hydrogen) atoms. The van der Waals surface area contributed by atoms with Crippen LogP contribution in [-0.2, 0) is 6.54 Å². The number of nitrogens with one attached hydrogen (secondary N) is 2. The number of benzene rings is 1. The van der Waals surface area contributed by atoms with Crippen molar-refractivity contribution in [2.24, 2.45) is 0 Å². The van der Waals surface area contributed by atoms with Gasteiger partial charge in [-0.3, -0.25) is 5.10 Å². The van der Waals surface area contributed by atoms with Gasteiger partial charge >= 0.3 is 0 Å². The van der Waals surface area contributed by atoms with E-state index in [2.05, 4.69) is 68.5 Å². The molecule has 2 aromatic rings. The maximum absolute atomic E-state index is 4.29. The van der Waals surface area contributed by atoms with Gasteiger partial charge < -0.3 is 5.32 Å². The third kappa shape index (κ3) is 4.33. The average Bonchev–Trinajstić information content (AvgIpc) is 2.73. The highest BCUT2D eigenvalue weighted by atomic mass is 79.9. The summed E-state index contributed by atoms with van der Waals surface area (Å²) in [5, 5.41) is 11.1. The van der Waals surface area contributed by atoms with Crippen molar-refractivity contribution in [1.29, 1.82) is 0 Å². The second-order valence-electron chi connectivity index (χ2n) is 4.59. The highest BCUT2D eigenvalue weighted by Gasteiger charge is 2.06. The molecule has 2 rings (SSSR count). The third-order valence-electron chi connectivity index (χ3n) is 2.51. The fourth-order valence-electron chi connectivity index (χ4n) is 1.52. The molecule has 1 heterocycles. The smallest absolute Gasteiger partial charge is 0.213 e. The molecule has 0 unspecified atom stereocenters. The largest absolute Gasteiger partial charge is 0.310 e. The molecule has 0 spiro atoms. The summed E-state index contributed by atoms with van der Waals surface area (Å²) in [4.78, 5) is 5.41. The van der Waals surface area contributed by atoms with E-state index >= 15 is 0 Å². The second-order valence-corrected chi connectivity index (χ2v) is 6.49. The number of hydrogen-bond donors (Lipinski definition) is 2. The van der Waals surface area contributed by atoms with Gasteiger partial charge in [-0.1, -0.05) is 35.8 Å². The van der Waals surface area contributed by atoms with Crippen molar-refractivity contribution in [1.82, 2.24) is 20.5 Å². The number of rotatable bonds is 5. The molecular weight excluding hydrogens is 324 g/mol. The normalized spacial score (nSPS) is 11.2. The Morgan fingerprint density at radius 1 is 1.42 bits per heavy atom. The van der Waals surface area contributed by atoms with Gasteiger partial charge in [0.25, 0.3) is 0 Å². The molecule has 0 bridgehead atoms. The standard InChI is InChI=1S/C13H17BrN4S/c1-8(2)15-7-10-4-5-11(6-12(10)14)19-13-16-9(3)17-18-13/h4-6,8,15H,7H2,1-3H3,(H,16,17,18). The van der Waals surface area contributed by atoms with E-state index in [9.17, 15) is 0 Å². The molecule has 6 heteroatoms. The van der Waals surface area contributed by atoms with Crippen molar-refractivity contribution in [2.45, 2.75) is 43.4 Å². The van der Waals surface area contributed by atoms with E-state index in [0.29, 0.717) is 6.04 Å². The molecule has 0 fully saturated rings. The van der Waals surface area contributed by atoms with E-state index in [4.69, 9.17) is 0 Å². The first-order valence-corrected chi connectivity index (χ1v) is 7.74. The third-order valence-corrected chi connectivity index (χ3v) is 4.10. The van der Waals surface area contributed by atoms with Crippen molar-refractivity contribution in [3.63, 3.8) is 0 Å². The maximum Gasteiger partial charge on any atom is 0.213 e. The molecule has 102 valence electrons. The van der Waals surface area contributed by atoms with Crippen LogP contribution in [0.2, 0.25) is 0 Å². The highest BCUT2D eigenvalue weighted by Crippen LogP contribution is 2.29. The number of hydrogen-bond acceptors (Lipinski definition) is 4. The fraction of sp³-hybridized carbons (Fsp3) is 0.385. The number of aromatic amines is 1. The van der Waals surface area contributed by atoms with Crippen molar-refractivity contribution in [3.8, 4) is 0 Å². The minimum atomic E-state index is 0.484. The van der Waals surface area contributed by atoms with Gasteiger partial charge in [-0.05, 0) is 36.4 Å². The summed E-state index contributed by atoms with van der Waals surface area (Å²) in [5.41, 5.74) is 1.25. The summed E-state index contributed by atoms with van der Waals surface area (Å²) in [6.07, 6.45) is 0. The molecule has 4 nitrogen and oxygen atoms in total. The molecule has 0 atom stereocenters. The summed E-state index contributed by atoms with van der Waals surface area (Å²) in [6.45, 7) is 7.05. The zero-order valence-electron chi connectivity index (χ0n) is 11.2. The predicted octanol–water partition coefficient (Wildman–Crippen LogP) is 3.52. The summed E-state index contributed by atoms with van der Waals surface area (Å²) in [5.74, 6) is 0.833. The van der Waals surface area contributed by atoms with Gasteiger partial charge in [0.15, 0.2) is 0 Å². The predicted molar refractivity (Wildman–Crippen MR) is 81.4 cm³/mol. The molecule has 1 aromatic heterocycles. The van der Waals surface area contributed by atoms with E-state index in [0.717, 1.165) is 26.9 Å². The molecular formula is C13H17BrN4S. The number of aryl methyl sites for hydroxylation is 1. The van der Waals surface area contributed by atoms with Gasteiger partial charge in [0.1, 0.15) is 5.82 Å². The summed E-state index contributed by atoms with van der Waals surface area (Å²) < 4.78 is 1.11. The number of nitrogens with zero attached hydrogens (tertiary/aromatic N) is 2. The van der Waals surface area contributed by atoms with Crippen LogP contribution in [0, 0.1) is 6.92 Å². The van der Waals surface area contributed by atoms with Gasteiger partial charge in [0.05, 0.1) is 0 Å². The minimum absolute atomic E-state index is 0.484. The lowest BCUT2D eigenvalue weighted by atomic mass is 10.2. The average molecular weight is 341 g/mol. The molecule has 0 radical (unpaired) electrons. The molecule has 0 saturated carbocycles. The number of halogens is 1. The van der Waals surface area contributed by atoms with Crippen LogP contribution in [0.4, 0.5) is 0 Å². The van der Waals surface area contributed by atoms with Crippen molar-refractivity contribution in [3.05, 3.63) is 34.1 Å². The monoisotopic (exact) mass is 340 g/mol. The Labute approximate surface area is 125 Å². The second kappa shape index (κ2) is 6.54. The molecule has 0 aliphatic rings. The molecule has 0 aliphatic heterocycles. The van der Waals surface area contributed by atoms with E-state index in [-0.39, 0.29) is 0 Å². The van der Waals surface area contributed by atoms with E-state index < -0.39 is 0 Å². The highest BCUT2D eigenvalue weighted by molar-refractivity contribution is 9.10. The fourth-order valence-corrected chi connectivity index (χ4v) is 2.99. The Morgan fingerprint density at radius 2 is 2.21 bits per heavy atom. The Balaban J connectivity index is 2.06. The van der Waals surface area contributed by atoms with Crippen LogP contribution in [0.5, 0.6) is 0 Å². The molecule has 0 aliphatic carbocycles. The quantitative estimate of drug-likeness (QED) is 0.874. The van der Waals surface area contributed by atoms with Gasteiger partial charge in [-0.2, -0.15) is 0 Å². The van der Waals surface area contributed by atoms with Crippen LogP contribution >= 0.6 is 27.7 Å². The Kier molecular flexibility index (Phi) is 5.01. The van der Waals surface area contributed by atoms with Gasteiger partial charge in [-0.15, -0.1) is 5.10 Å². The van der Waals surface area contributed by atoms with Crippen molar-refractivity contribution >= 4 is 27.7 Å².